The van der Waals surface area contributed by atoms with Crippen molar-refractivity contribution in [3.63, 3.8) is 0 Å². The molecule has 4 rings (SSSR count). The minimum absolute atomic E-state index is 0.00533. The molecular weight excluding hydrogens is 482 g/mol. The van der Waals surface area contributed by atoms with E-state index in [9.17, 15) is 9.59 Å². The standard InChI is InChI=1S/C26H30ClN5O4/c1-3-29-25(33)21-23(30-14-19(28)12-16-7-5-4-6-8-16)31-24(26(34)35-2)32(21)15-17-11-18-9-10-36-22(18)20(27)13-17/h4-8,11,13,19,30H,3,9-10,12,14-15,28H2,1-2H3,(H,29,33)/t19-/m1/s1. The third-order valence-electron chi connectivity index (χ3n) is 5.90. The highest BCUT2D eigenvalue weighted by molar-refractivity contribution is 6.32. The number of benzene rings is 2. The molecule has 0 saturated heterocycles. The number of carbonyl (C=O) groups is 2. The van der Waals surface area contributed by atoms with Crippen molar-refractivity contribution in [1.29, 1.82) is 0 Å². The number of rotatable bonds is 10. The summed E-state index contributed by atoms with van der Waals surface area (Å²) < 4.78 is 12.1. The quantitative estimate of drug-likeness (QED) is 0.358. The second kappa shape index (κ2) is 11.5. The van der Waals surface area contributed by atoms with Crippen molar-refractivity contribution in [2.24, 2.45) is 5.73 Å². The van der Waals surface area contributed by atoms with E-state index in [4.69, 9.17) is 26.8 Å². The molecule has 0 aliphatic carbocycles. The number of halogens is 1. The van der Waals surface area contributed by atoms with Crippen LogP contribution < -0.4 is 21.1 Å². The molecule has 190 valence electrons. The van der Waals surface area contributed by atoms with E-state index in [1.165, 1.54) is 7.11 Å². The van der Waals surface area contributed by atoms with Crippen molar-refractivity contribution < 1.29 is 19.1 Å². The molecule has 0 spiro atoms. The molecule has 36 heavy (non-hydrogen) atoms. The number of nitrogens with zero attached hydrogens (tertiary/aromatic N) is 2. The second-order valence-corrected chi connectivity index (χ2v) is 8.97. The predicted octanol–water partition coefficient (Wildman–Crippen LogP) is 3.04. The van der Waals surface area contributed by atoms with Crippen molar-refractivity contribution in [3.8, 4) is 5.75 Å². The summed E-state index contributed by atoms with van der Waals surface area (Å²) >= 11 is 6.43. The Kier molecular flexibility index (Phi) is 8.12. The molecule has 1 aliphatic heterocycles. The molecule has 0 radical (unpaired) electrons. The molecule has 9 nitrogen and oxygen atoms in total. The molecule has 10 heteroatoms. The fourth-order valence-electron chi connectivity index (χ4n) is 4.27. The Balaban J connectivity index is 1.66. The average molecular weight is 512 g/mol. The van der Waals surface area contributed by atoms with Crippen LogP contribution >= 0.6 is 11.6 Å². The molecule has 4 N–H and O–H groups in total. The number of hydrogen-bond donors (Lipinski definition) is 3. The Morgan fingerprint density at radius 3 is 2.75 bits per heavy atom. The lowest BCUT2D eigenvalue weighted by molar-refractivity contribution is 0.0581. The molecule has 2 heterocycles. The lowest BCUT2D eigenvalue weighted by Gasteiger charge is -2.15. The van der Waals surface area contributed by atoms with E-state index < -0.39 is 5.97 Å². The van der Waals surface area contributed by atoms with Gasteiger partial charge in [0, 0.05) is 25.6 Å². The lowest BCUT2D eigenvalue weighted by atomic mass is 10.1. The topological polar surface area (TPSA) is 121 Å². The van der Waals surface area contributed by atoms with Crippen LogP contribution in [0.1, 0.15) is 44.7 Å². The van der Waals surface area contributed by atoms with E-state index in [1.54, 1.807) is 10.6 Å². The van der Waals surface area contributed by atoms with Crippen LogP contribution in [-0.2, 0) is 24.1 Å². The zero-order valence-electron chi connectivity index (χ0n) is 20.3. The summed E-state index contributed by atoms with van der Waals surface area (Å²) in [5, 5.41) is 6.48. The number of nitrogens with one attached hydrogen (secondary N) is 2. The summed E-state index contributed by atoms with van der Waals surface area (Å²) in [5.74, 6) is -0.0724. The number of methoxy groups -OCH3 is 1. The van der Waals surface area contributed by atoms with E-state index in [0.29, 0.717) is 36.9 Å². The van der Waals surface area contributed by atoms with Gasteiger partial charge in [-0.1, -0.05) is 48.0 Å². The van der Waals surface area contributed by atoms with Crippen molar-refractivity contribution in [1.82, 2.24) is 14.9 Å². The molecule has 0 saturated carbocycles. The number of ether oxygens (including phenoxy) is 2. The summed E-state index contributed by atoms with van der Waals surface area (Å²) in [4.78, 5) is 30.3. The van der Waals surface area contributed by atoms with E-state index in [0.717, 1.165) is 23.1 Å². The van der Waals surface area contributed by atoms with Crippen LogP contribution in [0.15, 0.2) is 42.5 Å². The first kappa shape index (κ1) is 25.5. The fourth-order valence-corrected chi connectivity index (χ4v) is 4.58. The number of aromatic nitrogens is 2. The molecular formula is C26H30ClN5O4. The summed E-state index contributed by atoms with van der Waals surface area (Å²) in [7, 11) is 1.28. The van der Waals surface area contributed by atoms with Gasteiger partial charge >= 0.3 is 5.97 Å². The highest BCUT2D eigenvalue weighted by Crippen LogP contribution is 2.35. The predicted molar refractivity (Wildman–Crippen MR) is 138 cm³/mol. The van der Waals surface area contributed by atoms with E-state index >= 15 is 0 Å². The first-order chi connectivity index (χ1) is 17.4. The van der Waals surface area contributed by atoms with Crippen LogP contribution in [0.4, 0.5) is 5.82 Å². The van der Waals surface area contributed by atoms with Gasteiger partial charge in [0.2, 0.25) is 5.82 Å². The molecule has 1 aromatic heterocycles. The highest BCUT2D eigenvalue weighted by atomic mass is 35.5. The monoisotopic (exact) mass is 511 g/mol. The Labute approximate surface area is 214 Å². The largest absolute Gasteiger partial charge is 0.491 e. The maximum Gasteiger partial charge on any atom is 0.374 e. The van der Waals surface area contributed by atoms with Crippen LogP contribution in [0, 0.1) is 0 Å². The summed E-state index contributed by atoms with van der Waals surface area (Å²) in [6.07, 6.45) is 1.39. The number of anilines is 1. The minimum atomic E-state index is -0.655. The van der Waals surface area contributed by atoms with Crippen LogP contribution in [0.25, 0.3) is 0 Å². The molecule has 1 atom stereocenters. The summed E-state index contributed by atoms with van der Waals surface area (Å²) in [6, 6.07) is 13.4. The van der Waals surface area contributed by atoms with Crippen molar-refractivity contribution >= 4 is 29.3 Å². The van der Waals surface area contributed by atoms with Crippen molar-refractivity contribution in [2.45, 2.75) is 32.4 Å². The van der Waals surface area contributed by atoms with E-state index in [1.807, 2.05) is 43.3 Å². The smallest absolute Gasteiger partial charge is 0.374 e. The van der Waals surface area contributed by atoms with Gasteiger partial charge in [-0.15, -0.1) is 0 Å². The van der Waals surface area contributed by atoms with E-state index in [-0.39, 0.29) is 35.8 Å². The number of carbonyl (C=O) groups excluding carboxylic acids is 2. The Bertz CT molecular complexity index is 1240. The molecule has 1 amide bonds. The zero-order valence-corrected chi connectivity index (χ0v) is 21.1. The Morgan fingerprint density at radius 2 is 2.03 bits per heavy atom. The number of hydrogen-bond acceptors (Lipinski definition) is 7. The van der Waals surface area contributed by atoms with Gasteiger partial charge < -0.3 is 30.4 Å². The van der Waals surface area contributed by atoms with Gasteiger partial charge in [0.25, 0.3) is 5.91 Å². The van der Waals surface area contributed by atoms with Gasteiger partial charge in [-0.2, -0.15) is 0 Å². The second-order valence-electron chi connectivity index (χ2n) is 8.56. The van der Waals surface area contributed by atoms with Crippen LogP contribution in [-0.4, -0.2) is 54.3 Å². The molecule has 2 aromatic carbocycles. The Morgan fingerprint density at radius 1 is 1.25 bits per heavy atom. The van der Waals surface area contributed by atoms with Gasteiger partial charge in [0.1, 0.15) is 5.75 Å². The maximum absolute atomic E-state index is 13.1. The highest BCUT2D eigenvalue weighted by Gasteiger charge is 2.28. The zero-order chi connectivity index (χ0) is 25.7. The van der Waals surface area contributed by atoms with Crippen LogP contribution in [0.2, 0.25) is 5.02 Å². The summed E-state index contributed by atoms with van der Waals surface area (Å²) in [6.45, 7) is 3.34. The maximum atomic E-state index is 13.1. The molecule has 0 bridgehead atoms. The lowest BCUT2D eigenvalue weighted by Crippen LogP contribution is -2.32. The average Bonchev–Trinajstić information content (AvgIpc) is 3.48. The van der Waals surface area contributed by atoms with Gasteiger partial charge in [-0.05, 0) is 36.1 Å². The van der Waals surface area contributed by atoms with Crippen LogP contribution in [0.3, 0.4) is 0 Å². The van der Waals surface area contributed by atoms with Crippen molar-refractivity contribution in [2.75, 3.05) is 32.1 Å². The normalized spacial score (nSPS) is 13.0. The molecule has 0 unspecified atom stereocenters. The number of esters is 1. The van der Waals surface area contributed by atoms with Crippen molar-refractivity contribution in [3.05, 3.63) is 75.7 Å². The number of nitrogens with two attached hydrogens (primary N) is 1. The number of fused-ring (bicyclic) bond motifs is 1. The van der Waals surface area contributed by atoms with Gasteiger partial charge in [0.15, 0.2) is 11.5 Å². The Hall–Kier alpha value is -3.56. The number of amides is 1. The molecule has 0 fully saturated rings. The van der Waals surface area contributed by atoms with Gasteiger partial charge in [0.05, 0.1) is 25.3 Å². The van der Waals surface area contributed by atoms with Gasteiger partial charge in [-0.3, -0.25) is 4.79 Å². The van der Waals surface area contributed by atoms with Gasteiger partial charge in [-0.25, -0.2) is 9.78 Å². The first-order valence-corrected chi connectivity index (χ1v) is 12.2. The fraction of sp³-hybridized carbons (Fsp3) is 0.346. The molecule has 1 aliphatic rings. The summed E-state index contributed by atoms with van der Waals surface area (Å²) in [5.41, 5.74) is 9.47. The third-order valence-corrected chi connectivity index (χ3v) is 6.18. The SMILES string of the molecule is CCNC(=O)c1c(NC[C@H](N)Cc2ccccc2)nc(C(=O)OC)n1Cc1cc(Cl)c2c(c1)CCO2. The van der Waals surface area contributed by atoms with E-state index in [2.05, 4.69) is 15.6 Å². The minimum Gasteiger partial charge on any atom is -0.491 e. The molecule has 3 aromatic rings. The number of imidazole rings is 1. The third kappa shape index (κ3) is 5.63. The van der Waals surface area contributed by atoms with Crippen LogP contribution in [0.5, 0.6) is 5.75 Å². The first-order valence-electron chi connectivity index (χ1n) is 11.9.